The van der Waals surface area contributed by atoms with Gasteiger partial charge in [-0.15, -0.1) is 5.10 Å². The van der Waals surface area contributed by atoms with Gasteiger partial charge in [-0.3, -0.25) is 10.1 Å². The Morgan fingerprint density at radius 3 is 2.65 bits per heavy atom. The maximum absolute atomic E-state index is 10.9. The van der Waals surface area contributed by atoms with Gasteiger partial charge >= 0.3 is 0 Å². The largest absolute Gasteiger partial charge is 0.299 e. The number of benzene rings is 1. The Balaban J connectivity index is 1.95. The van der Waals surface area contributed by atoms with Gasteiger partial charge in [0.15, 0.2) is 5.52 Å². The molecular weight excluding hydrogens is 256 g/mol. The van der Waals surface area contributed by atoms with E-state index in [-0.39, 0.29) is 5.69 Å². The Kier molecular flexibility index (Phi) is 5.03. The first kappa shape index (κ1) is 14.4. The molecule has 2 aromatic rings. The number of nitro benzene ring substituents is 1. The number of rotatable bonds is 8. The van der Waals surface area contributed by atoms with E-state index >= 15 is 0 Å². The summed E-state index contributed by atoms with van der Waals surface area (Å²) in [5.74, 6) is 0. The number of nitro groups is 1. The van der Waals surface area contributed by atoms with Gasteiger partial charge in [0.05, 0.1) is 11.5 Å². The summed E-state index contributed by atoms with van der Waals surface area (Å²) >= 11 is 0. The number of non-ortho nitro benzene ring substituents is 1. The molecule has 0 radical (unpaired) electrons. The summed E-state index contributed by atoms with van der Waals surface area (Å²) in [5, 5.41) is 19.4. The topological polar surface area (TPSA) is 73.8 Å². The highest BCUT2D eigenvalue weighted by molar-refractivity contribution is 5.83. The first-order chi connectivity index (χ1) is 9.72. The molecule has 1 aromatic carbocycles. The van der Waals surface area contributed by atoms with Crippen molar-refractivity contribution >= 4 is 16.7 Å². The van der Waals surface area contributed by atoms with Crippen molar-refractivity contribution in [1.82, 2.24) is 15.0 Å². The van der Waals surface area contributed by atoms with Crippen LogP contribution >= 0.6 is 0 Å². The third kappa shape index (κ3) is 3.53. The average Bonchev–Trinajstić information content (AvgIpc) is 2.84. The molecule has 0 fully saturated rings. The second-order valence-corrected chi connectivity index (χ2v) is 4.97. The molecule has 0 N–H and O–H groups in total. The van der Waals surface area contributed by atoms with E-state index in [1.807, 2.05) is 0 Å². The number of hydrogen-bond acceptors (Lipinski definition) is 4. The smallest absolute Gasteiger partial charge is 0.258 e. The van der Waals surface area contributed by atoms with Gasteiger partial charge in [-0.2, -0.15) is 9.90 Å². The lowest BCUT2D eigenvalue weighted by atomic mass is 10.1. The van der Waals surface area contributed by atoms with Gasteiger partial charge in [-0.25, -0.2) is 0 Å². The summed E-state index contributed by atoms with van der Waals surface area (Å²) in [5.41, 5.74) is 0.991. The number of fused-ring (bicyclic) bond motifs is 1. The van der Waals surface area contributed by atoms with Gasteiger partial charge < -0.3 is 0 Å². The summed E-state index contributed by atoms with van der Waals surface area (Å²) in [6.45, 7) is 2.92. The van der Waals surface area contributed by atoms with Gasteiger partial charge in [0, 0.05) is 6.07 Å². The third-order valence-corrected chi connectivity index (χ3v) is 3.34. The summed E-state index contributed by atoms with van der Waals surface area (Å²) in [6.07, 6.45) is 7.20. The molecule has 0 aliphatic rings. The molecule has 108 valence electrons. The van der Waals surface area contributed by atoms with Crippen LogP contribution in [0.1, 0.15) is 45.4 Å². The maximum atomic E-state index is 10.9. The Morgan fingerprint density at radius 2 is 1.90 bits per heavy atom. The molecule has 1 heterocycles. The van der Waals surface area contributed by atoms with Crippen molar-refractivity contribution in [3.63, 3.8) is 0 Å². The van der Waals surface area contributed by atoms with Gasteiger partial charge in [0.1, 0.15) is 5.52 Å². The van der Waals surface area contributed by atoms with E-state index in [2.05, 4.69) is 17.1 Å². The highest BCUT2D eigenvalue weighted by atomic mass is 16.6. The molecule has 2 rings (SSSR count). The van der Waals surface area contributed by atoms with Crippen LogP contribution in [0.4, 0.5) is 5.69 Å². The molecule has 20 heavy (non-hydrogen) atoms. The second-order valence-electron chi connectivity index (χ2n) is 4.97. The Morgan fingerprint density at radius 1 is 1.15 bits per heavy atom. The third-order valence-electron chi connectivity index (χ3n) is 3.34. The zero-order valence-electron chi connectivity index (χ0n) is 11.8. The van der Waals surface area contributed by atoms with Crippen molar-refractivity contribution in [3.05, 3.63) is 28.3 Å². The van der Waals surface area contributed by atoms with Crippen LogP contribution in [-0.2, 0) is 6.54 Å². The fourth-order valence-corrected chi connectivity index (χ4v) is 2.25. The van der Waals surface area contributed by atoms with E-state index < -0.39 is 4.92 Å². The lowest BCUT2D eigenvalue weighted by Crippen LogP contribution is -2.02. The molecule has 6 nitrogen and oxygen atoms in total. The van der Waals surface area contributed by atoms with Crippen LogP contribution in [0.15, 0.2) is 18.2 Å². The molecule has 0 atom stereocenters. The van der Waals surface area contributed by atoms with Crippen molar-refractivity contribution in [2.24, 2.45) is 0 Å². The van der Waals surface area contributed by atoms with Crippen molar-refractivity contribution in [1.29, 1.82) is 0 Å². The van der Waals surface area contributed by atoms with E-state index in [0.29, 0.717) is 11.0 Å². The first-order valence-electron chi connectivity index (χ1n) is 7.20. The molecule has 1 aromatic heterocycles. The molecule has 0 amide bonds. The van der Waals surface area contributed by atoms with Crippen molar-refractivity contribution in [3.8, 4) is 0 Å². The molecular formula is C14H20N4O2. The predicted octanol–water partition coefficient (Wildman–Crippen LogP) is 3.70. The molecule has 6 heteroatoms. The minimum absolute atomic E-state index is 0.0247. The summed E-state index contributed by atoms with van der Waals surface area (Å²) in [7, 11) is 0. The maximum Gasteiger partial charge on any atom is 0.299 e. The molecule has 0 aliphatic carbocycles. The first-order valence-corrected chi connectivity index (χ1v) is 7.20. The van der Waals surface area contributed by atoms with E-state index in [0.717, 1.165) is 19.4 Å². The molecule has 0 spiro atoms. The van der Waals surface area contributed by atoms with Crippen LogP contribution in [0.3, 0.4) is 0 Å². The summed E-state index contributed by atoms with van der Waals surface area (Å²) < 4.78 is 0. The fraction of sp³-hybridized carbons (Fsp3) is 0.571. The van der Waals surface area contributed by atoms with Gasteiger partial charge in [-0.1, -0.05) is 45.1 Å². The minimum Gasteiger partial charge on any atom is -0.258 e. The van der Waals surface area contributed by atoms with Gasteiger partial charge in [0.25, 0.3) is 5.69 Å². The molecule has 0 saturated heterocycles. The monoisotopic (exact) mass is 276 g/mol. The van der Waals surface area contributed by atoms with Crippen molar-refractivity contribution < 1.29 is 4.92 Å². The molecule has 0 saturated carbocycles. The predicted molar refractivity (Wildman–Crippen MR) is 77.6 cm³/mol. The number of aryl methyl sites for hydroxylation is 1. The standard InChI is InChI=1S/C14H20N4O2/c1-2-3-4-5-6-7-11-17-15-12-9-8-10-13(18(19)20)14(12)16-17/h8-10H,2-7,11H2,1H3. The lowest BCUT2D eigenvalue weighted by molar-refractivity contribution is -0.383. The number of aromatic nitrogens is 3. The minimum atomic E-state index is -0.411. The SMILES string of the molecule is CCCCCCCCn1nc2cccc([N+](=O)[O-])c2n1. The summed E-state index contributed by atoms with van der Waals surface area (Å²) in [6, 6.07) is 4.86. The average molecular weight is 276 g/mol. The Labute approximate surface area is 117 Å². The van der Waals surface area contributed by atoms with Crippen LogP contribution in [0.5, 0.6) is 0 Å². The van der Waals surface area contributed by atoms with Crippen LogP contribution in [0.25, 0.3) is 11.0 Å². The van der Waals surface area contributed by atoms with Crippen LogP contribution in [0, 0.1) is 10.1 Å². The number of hydrogen-bond donors (Lipinski definition) is 0. The number of unbranched alkanes of at least 4 members (excludes halogenated alkanes) is 5. The lowest BCUT2D eigenvalue weighted by Gasteiger charge is -2.00. The zero-order chi connectivity index (χ0) is 14.4. The van der Waals surface area contributed by atoms with Gasteiger partial charge in [-0.05, 0) is 12.5 Å². The van der Waals surface area contributed by atoms with Crippen molar-refractivity contribution in [2.75, 3.05) is 0 Å². The van der Waals surface area contributed by atoms with E-state index in [1.54, 1.807) is 16.9 Å². The fourth-order valence-electron chi connectivity index (χ4n) is 2.25. The van der Waals surface area contributed by atoms with Crippen LogP contribution in [-0.4, -0.2) is 19.9 Å². The van der Waals surface area contributed by atoms with E-state index in [1.165, 1.54) is 31.7 Å². The van der Waals surface area contributed by atoms with Crippen LogP contribution in [0.2, 0.25) is 0 Å². The normalized spacial score (nSPS) is 11.1. The van der Waals surface area contributed by atoms with Gasteiger partial charge in [0.2, 0.25) is 0 Å². The van der Waals surface area contributed by atoms with Crippen molar-refractivity contribution in [2.45, 2.75) is 52.0 Å². The van der Waals surface area contributed by atoms with E-state index in [9.17, 15) is 10.1 Å². The highest BCUT2D eigenvalue weighted by Crippen LogP contribution is 2.21. The number of nitrogens with zero attached hydrogens (tertiary/aromatic N) is 4. The van der Waals surface area contributed by atoms with Crippen LogP contribution < -0.4 is 0 Å². The highest BCUT2D eigenvalue weighted by Gasteiger charge is 2.15. The zero-order valence-corrected chi connectivity index (χ0v) is 11.8. The van der Waals surface area contributed by atoms with E-state index in [4.69, 9.17) is 0 Å². The second kappa shape index (κ2) is 6.98. The molecule has 0 unspecified atom stereocenters. The summed E-state index contributed by atoms with van der Waals surface area (Å²) in [4.78, 5) is 12.1. The Hall–Kier alpha value is -1.98. The Bertz CT molecular complexity index is 580. The molecule has 0 aliphatic heterocycles. The quantitative estimate of drug-likeness (QED) is 0.418. The molecule has 0 bridgehead atoms.